The Morgan fingerprint density at radius 3 is 2.90 bits per heavy atom. The predicted molar refractivity (Wildman–Crippen MR) is 88.0 cm³/mol. The maximum atomic E-state index is 3.72. The van der Waals surface area contributed by atoms with Gasteiger partial charge in [-0.15, -0.1) is 0 Å². The number of nitrogens with one attached hydrogen (secondary N) is 2. The van der Waals surface area contributed by atoms with Crippen molar-refractivity contribution in [1.82, 2.24) is 5.32 Å². The predicted octanol–water partition coefficient (Wildman–Crippen LogP) is 4.40. The third-order valence-corrected chi connectivity index (χ3v) is 4.81. The number of rotatable bonds is 2. The average molecular weight is 331 g/mol. The van der Waals surface area contributed by atoms with Gasteiger partial charge in [-0.1, -0.05) is 46.3 Å². The van der Waals surface area contributed by atoms with Crippen LogP contribution < -0.4 is 10.6 Å². The van der Waals surface area contributed by atoms with Crippen molar-refractivity contribution in [2.24, 2.45) is 0 Å². The second-order valence-corrected chi connectivity index (χ2v) is 6.13. The van der Waals surface area contributed by atoms with Gasteiger partial charge < -0.3 is 10.6 Å². The third-order valence-electron chi connectivity index (χ3n) is 3.95. The molecule has 20 heavy (non-hydrogen) atoms. The van der Waals surface area contributed by atoms with Crippen LogP contribution in [-0.2, 0) is 6.54 Å². The van der Waals surface area contributed by atoms with Gasteiger partial charge in [-0.25, -0.2) is 0 Å². The van der Waals surface area contributed by atoms with Crippen molar-refractivity contribution < 1.29 is 0 Å². The Morgan fingerprint density at radius 1 is 1.15 bits per heavy atom. The minimum atomic E-state index is 0.370. The molecule has 0 aliphatic carbocycles. The highest BCUT2D eigenvalue weighted by Gasteiger charge is 2.18. The summed E-state index contributed by atoms with van der Waals surface area (Å²) in [6.45, 7) is 4.15. The summed E-state index contributed by atoms with van der Waals surface area (Å²) in [7, 11) is 0. The molecule has 1 aliphatic rings. The van der Waals surface area contributed by atoms with E-state index in [9.17, 15) is 0 Å². The molecule has 0 fully saturated rings. The van der Waals surface area contributed by atoms with Crippen LogP contribution in [0.4, 0.5) is 5.69 Å². The van der Waals surface area contributed by atoms with E-state index in [-0.39, 0.29) is 0 Å². The number of fused-ring (bicyclic) bond motifs is 1. The summed E-state index contributed by atoms with van der Waals surface area (Å²) in [6.07, 6.45) is 1.10. The minimum absolute atomic E-state index is 0.370. The second kappa shape index (κ2) is 5.98. The monoisotopic (exact) mass is 330 g/mol. The zero-order chi connectivity index (χ0) is 13.9. The minimum Gasteiger partial charge on any atom is -0.378 e. The average Bonchev–Trinajstić information content (AvgIpc) is 2.67. The molecule has 1 heterocycles. The fourth-order valence-electron chi connectivity index (χ4n) is 2.76. The molecule has 0 radical (unpaired) electrons. The summed E-state index contributed by atoms with van der Waals surface area (Å²) in [5.41, 5.74) is 5.29. The van der Waals surface area contributed by atoms with Crippen LogP contribution in [0.15, 0.2) is 46.9 Å². The lowest BCUT2D eigenvalue weighted by Crippen LogP contribution is -2.15. The molecule has 0 saturated heterocycles. The van der Waals surface area contributed by atoms with E-state index in [4.69, 9.17) is 0 Å². The van der Waals surface area contributed by atoms with Gasteiger partial charge in [-0.3, -0.25) is 0 Å². The van der Waals surface area contributed by atoms with Crippen molar-refractivity contribution in [3.63, 3.8) is 0 Å². The van der Waals surface area contributed by atoms with Gasteiger partial charge in [0, 0.05) is 16.7 Å². The first-order chi connectivity index (χ1) is 9.75. The number of anilines is 1. The van der Waals surface area contributed by atoms with E-state index in [2.05, 4.69) is 76.0 Å². The van der Waals surface area contributed by atoms with Crippen LogP contribution in [-0.4, -0.2) is 6.54 Å². The maximum Gasteiger partial charge on any atom is 0.0529 e. The first kappa shape index (κ1) is 13.7. The molecule has 3 heteroatoms. The van der Waals surface area contributed by atoms with Crippen LogP contribution in [0.5, 0.6) is 0 Å². The highest BCUT2D eigenvalue weighted by molar-refractivity contribution is 9.10. The molecule has 0 bridgehead atoms. The Morgan fingerprint density at radius 2 is 2.00 bits per heavy atom. The highest BCUT2D eigenvalue weighted by atomic mass is 79.9. The molecule has 0 aromatic heterocycles. The zero-order valence-electron chi connectivity index (χ0n) is 11.6. The van der Waals surface area contributed by atoms with Crippen molar-refractivity contribution in [2.45, 2.75) is 25.9 Å². The van der Waals surface area contributed by atoms with Crippen molar-refractivity contribution in [1.29, 1.82) is 0 Å². The molecule has 0 amide bonds. The Labute approximate surface area is 128 Å². The van der Waals surface area contributed by atoms with Gasteiger partial charge in [-0.05, 0) is 48.7 Å². The maximum absolute atomic E-state index is 3.72. The van der Waals surface area contributed by atoms with E-state index < -0.39 is 0 Å². The molecule has 2 aromatic rings. The van der Waals surface area contributed by atoms with E-state index >= 15 is 0 Å². The largest absolute Gasteiger partial charge is 0.378 e. The lowest BCUT2D eigenvalue weighted by atomic mass is 9.98. The molecule has 3 rings (SSSR count). The van der Waals surface area contributed by atoms with Gasteiger partial charge in [-0.2, -0.15) is 0 Å². The fraction of sp³-hybridized carbons (Fsp3) is 0.294. The molecule has 104 valence electrons. The topological polar surface area (TPSA) is 24.1 Å². The van der Waals surface area contributed by atoms with Crippen LogP contribution in [0, 0.1) is 6.92 Å². The standard InChI is InChI=1S/C17H19BrN2/c1-12-15(18)7-4-8-16(12)20-17-9-10-19-11-13-5-2-3-6-14(13)17/h2-8,17,19-20H,9-11H2,1H3. The molecular formula is C17H19BrN2. The number of halogens is 1. The smallest absolute Gasteiger partial charge is 0.0529 e. The van der Waals surface area contributed by atoms with Crippen LogP contribution in [0.25, 0.3) is 0 Å². The Balaban J connectivity index is 1.92. The van der Waals surface area contributed by atoms with E-state index in [1.807, 2.05) is 0 Å². The summed E-state index contributed by atoms with van der Waals surface area (Å²) >= 11 is 3.61. The van der Waals surface area contributed by atoms with E-state index in [0.29, 0.717) is 6.04 Å². The van der Waals surface area contributed by atoms with Gasteiger partial charge in [0.1, 0.15) is 0 Å². The Bertz CT molecular complexity index is 610. The van der Waals surface area contributed by atoms with Crippen LogP contribution in [0.1, 0.15) is 29.2 Å². The highest BCUT2D eigenvalue weighted by Crippen LogP contribution is 2.30. The fourth-order valence-corrected chi connectivity index (χ4v) is 3.13. The Kier molecular flexibility index (Phi) is 4.08. The summed E-state index contributed by atoms with van der Waals surface area (Å²) in [5.74, 6) is 0. The molecule has 2 nitrogen and oxygen atoms in total. The molecule has 1 unspecified atom stereocenters. The molecule has 1 aliphatic heterocycles. The first-order valence-electron chi connectivity index (χ1n) is 7.06. The quantitative estimate of drug-likeness (QED) is 0.852. The number of hydrogen-bond acceptors (Lipinski definition) is 2. The molecule has 2 N–H and O–H groups in total. The van der Waals surface area contributed by atoms with E-state index in [1.54, 1.807) is 0 Å². The Hall–Kier alpha value is -1.32. The van der Waals surface area contributed by atoms with Crippen molar-refractivity contribution in [2.75, 3.05) is 11.9 Å². The normalized spacial score (nSPS) is 18.2. The zero-order valence-corrected chi connectivity index (χ0v) is 13.2. The second-order valence-electron chi connectivity index (χ2n) is 5.27. The summed E-state index contributed by atoms with van der Waals surface area (Å²) in [5, 5.41) is 7.21. The molecular weight excluding hydrogens is 312 g/mol. The van der Waals surface area contributed by atoms with Crippen LogP contribution >= 0.6 is 15.9 Å². The summed E-state index contributed by atoms with van der Waals surface area (Å²) in [6, 6.07) is 15.4. The van der Waals surface area contributed by atoms with Crippen LogP contribution in [0.3, 0.4) is 0 Å². The van der Waals surface area contributed by atoms with Gasteiger partial charge >= 0.3 is 0 Å². The summed E-state index contributed by atoms with van der Waals surface area (Å²) in [4.78, 5) is 0. The molecule has 1 atom stereocenters. The molecule has 0 spiro atoms. The van der Waals surface area contributed by atoms with Gasteiger partial charge in [0.05, 0.1) is 6.04 Å². The first-order valence-corrected chi connectivity index (χ1v) is 7.85. The molecule has 0 saturated carbocycles. The lowest BCUT2D eigenvalue weighted by molar-refractivity contribution is 0.637. The third kappa shape index (κ3) is 2.74. The van der Waals surface area contributed by atoms with E-state index in [0.717, 1.165) is 24.0 Å². The van der Waals surface area contributed by atoms with Gasteiger partial charge in [0.15, 0.2) is 0 Å². The summed E-state index contributed by atoms with van der Waals surface area (Å²) < 4.78 is 1.16. The van der Waals surface area contributed by atoms with Gasteiger partial charge in [0.25, 0.3) is 0 Å². The lowest BCUT2D eigenvalue weighted by Gasteiger charge is -2.22. The molecule has 2 aromatic carbocycles. The van der Waals surface area contributed by atoms with Crippen LogP contribution in [0.2, 0.25) is 0 Å². The number of benzene rings is 2. The van der Waals surface area contributed by atoms with Gasteiger partial charge in [0.2, 0.25) is 0 Å². The van der Waals surface area contributed by atoms with Crippen molar-refractivity contribution in [3.05, 3.63) is 63.6 Å². The number of hydrogen-bond donors (Lipinski definition) is 2. The van der Waals surface area contributed by atoms with Crippen molar-refractivity contribution in [3.8, 4) is 0 Å². The van der Waals surface area contributed by atoms with E-state index in [1.165, 1.54) is 22.4 Å². The SMILES string of the molecule is Cc1c(Br)cccc1NC1CCNCc2ccccc21. The van der Waals surface area contributed by atoms with Crippen molar-refractivity contribution >= 4 is 21.6 Å².